The second-order valence-electron chi connectivity index (χ2n) is 7.50. The minimum atomic E-state index is -0.966. The molecule has 4 unspecified atom stereocenters. The summed E-state index contributed by atoms with van der Waals surface area (Å²) in [7, 11) is 0. The van der Waals surface area contributed by atoms with Crippen LogP contribution in [0.15, 0.2) is 42.5 Å². The number of hydrogen-bond donors (Lipinski definition) is 3. The molecule has 4 rings (SSSR count). The van der Waals surface area contributed by atoms with E-state index in [1.54, 1.807) is 0 Å². The quantitative estimate of drug-likeness (QED) is 0.680. The van der Waals surface area contributed by atoms with Gasteiger partial charge in [-0.25, -0.2) is 0 Å². The van der Waals surface area contributed by atoms with E-state index in [9.17, 15) is 14.7 Å². The largest absolute Gasteiger partial charge is 0.481 e. The third kappa shape index (κ3) is 3.47. The van der Waals surface area contributed by atoms with Crippen LogP contribution in [-0.4, -0.2) is 34.2 Å². The fourth-order valence-corrected chi connectivity index (χ4v) is 3.96. The Morgan fingerprint density at radius 3 is 2.57 bits per heavy atom. The second kappa shape index (κ2) is 7.28. The first kappa shape index (κ1) is 18.5. The minimum absolute atomic E-state index is 0.138. The van der Waals surface area contributed by atoms with Crippen molar-refractivity contribution in [3.8, 4) is 11.5 Å². The highest BCUT2D eigenvalue weighted by Crippen LogP contribution is 2.46. The lowest BCUT2D eigenvalue weighted by atomic mass is 9.83. The predicted octanol–water partition coefficient (Wildman–Crippen LogP) is 3.39. The van der Waals surface area contributed by atoms with E-state index in [1.807, 2.05) is 42.5 Å². The molecule has 0 bridgehead atoms. The molecule has 0 radical (unpaired) electrons. The van der Waals surface area contributed by atoms with Gasteiger partial charge in [-0.15, -0.1) is 0 Å². The summed E-state index contributed by atoms with van der Waals surface area (Å²) in [4.78, 5) is 23.0. The van der Waals surface area contributed by atoms with Gasteiger partial charge in [0.25, 0.3) is 0 Å². The van der Waals surface area contributed by atoms with Gasteiger partial charge < -0.3 is 20.3 Å². The minimum Gasteiger partial charge on any atom is -0.481 e. The molecule has 28 heavy (non-hydrogen) atoms. The highest BCUT2D eigenvalue weighted by Gasteiger charge is 2.45. The van der Waals surface area contributed by atoms with Crippen LogP contribution < -0.4 is 10.1 Å². The fourth-order valence-electron chi connectivity index (χ4n) is 3.96. The highest BCUT2D eigenvalue weighted by molar-refractivity contribution is 5.76. The molecule has 1 fully saturated rings. The number of carboxylic acids is 2. The van der Waals surface area contributed by atoms with E-state index >= 15 is 0 Å². The number of aryl methyl sites for hydroxylation is 1. The van der Waals surface area contributed by atoms with Crippen molar-refractivity contribution in [1.82, 2.24) is 5.32 Å². The molecule has 1 saturated carbocycles. The number of aliphatic carboxylic acids is 2. The molecule has 0 saturated heterocycles. The number of carboxylic acid groups (broad SMARTS) is 2. The van der Waals surface area contributed by atoms with Gasteiger partial charge in [0.2, 0.25) is 0 Å². The molecule has 2 aromatic carbocycles. The maximum atomic E-state index is 11.9. The summed E-state index contributed by atoms with van der Waals surface area (Å²) in [5, 5.41) is 21.9. The van der Waals surface area contributed by atoms with Crippen molar-refractivity contribution < 1.29 is 24.5 Å². The summed E-state index contributed by atoms with van der Waals surface area (Å²) in [6.07, 6.45) is 1.69. The lowest BCUT2D eigenvalue weighted by Gasteiger charge is -2.30. The first-order chi connectivity index (χ1) is 13.5. The number of hydrogen-bond acceptors (Lipinski definition) is 4. The Morgan fingerprint density at radius 1 is 1.14 bits per heavy atom. The number of ether oxygens (including phenoxy) is 1. The van der Waals surface area contributed by atoms with Gasteiger partial charge in [-0.1, -0.05) is 37.3 Å². The number of rotatable bonds is 7. The molecule has 4 atom stereocenters. The van der Waals surface area contributed by atoms with Crippen LogP contribution in [0, 0.1) is 5.92 Å². The van der Waals surface area contributed by atoms with Crippen molar-refractivity contribution in [3.05, 3.63) is 59.2 Å². The van der Waals surface area contributed by atoms with Gasteiger partial charge in [-0.05, 0) is 37.0 Å². The van der Waals surface area contributed by atoms with Crippen molar-refractivity contribution in [2.75, 3.05) is 0 Å². The summed E-state index contributed by atoms with van der Waals surface area (Å²) in [6, 6.07) is 12.7. The molecule has 0 spiro atoms. The molecule has 1 heterocycles. The highest BCUT2D eigenvalue weighted by atomic mass is 16.5. The molecule has 0 aromatic heterocycles. The van der Waals surface area contributed by atoms with Crippen molar-refractivity contribution in [2.24, 2.45) is 5.92 Å². The van der Waals surface area contributed by atoms with E-state index < -0.39 is 23.9 Å². The van der Waals surface area contributed by atoms with Crippen molar-refractivity contribution in [3.63, 3.8) is 0 Å². The number of fused-ring (bicyclic) bond motifs is 2. The Morgan fingerprint density at radius 2 is 1.89 bits per heavy atom. The fraction of sp³-hybridized carbons (Fsp3) is 0.364. The van der Waals surface area contributed by atoms with Crippen LogP contribution in [0.3, 0.4) is 0 Å². The summed E-state index contributed by atoms with van der Waals surface area (Å²) >= 11 is 0. The summed E-state index contributed by atoms with van der Waals surface area (Å²) in [5.74, 6) is -0.971. The molecule has 6 nitrogen and oxygen atoms in total. The van der Waals surface area contributed by atoms with Crippen LogP contribution in [0.2, 0.25) is 0 Å². The van der Waals surface area contributed by atoms with Crippen molar-refractivity contribution in [2.45, 2.75) is 44.2 Å². The normalized spacial score (nSPS) is 23.1. The first-order valence-corrected chi connectivity index (χ1v) is 9.59. The van der Waals surface area contributed by atoms with Crippen LogP contribution in [-0.2, 0) is 16.0 Å². The first-order valence-electron chi connectivity index (χ1n) is 9.59. The molecule has 3 N–H and O–H groups in total. The zero-order valence-electron chi connectivity index (χ0n) is 15.6. The maximum absolute atomic E-state index is 11.9. The number of benzene rings is 2. The zero-order chi connectivity index (χ0) is 19.8. The van der Waals surface area contributed by atoms with Crippen LogP contribution in [0.25, 0.3) is 0 Å². The smallest absolute Gasteiger partial charge is 0.320 e. The molecule has 1 aliphatic heterocycles. The molecule has 0 amide bonds. The van der Waals surface area contributed by atoms with Crippen LogP contribution in [0.4, 0.5) is 0 Å². The Kier molecular flexibility index (Phi) is 4.81. The molecule has 2 aliphatic rings. The van der Waals surface area contributed by atoms with Gasteiger partial charge in [0.05, 0.1) is 5.92 Å². The van der Waals surface area contributed by atoms with Crippen molar-refractivity contribution in [1.29, 1.82) is 0 Å². The number of para-hydroxylation sites is 1. The van der Waals surface area contributed by atoms with Gasteiger partial charge >= 0.3 is 11.9 Å². The van der Waals surface area contributed by atoms with E-state index in [0.29, 0.717) is 12.8 Å². The molecule has 2 aromatic rings. The summed E-state index contributed by atoms with van der Waals surface area (Å²) < 4.78 is 6.09. The average Bonchev–Trinajstić information content (AvgIpc) is 3.46. The van der Waals surface area contributed by atoms with Crippen molar-refractivity contribution >= 4 is 11.9 Å². The van der Waals surface area contributed by atoms with E-state index in [0.717, 1.165) is 34.6 Å². The van der Waals surface area contributed by atoms with Gasteiger partial charge in [0.1, 0.15) is 17.5 Å². The second-order valence-corrected chi connectivity index (χ2v) is 7.50. The van der Waals surface area contributed by atoms with Crippen LogP contribution in [0.1, 0.15) is 42.4 Å². The molecule has 1 aliphatic carbocycles. The third-order valence-corrected chi connectivity index (χ3v) is 5.67. The average molecular weight is 381 g/mol. The number of carbonyl (C=O) groups is 2. The van der Waals surface area contributed by atoms with Gasteiger partial charge in [-0.2, -0.15) is 0 Å². The van der Waals surface area contributed by atoms with E-state index in [1.165, 1.54) is 0 Å². The third-order valence-electron chi connectivity index (χ3n) is 5.67. The summed E-state index contributed by atoms with van der Waals surface area (Å²) in [6.45, 7) is 2.08. The monoisotopic (exact) mass is 381 g/mol. The van der Waals surface area contributed by atoms with Crippen LogP contribution >= 0.6 is 0 Å². The molecule has 6 heteroatoms. The van der Waals surface area contributed by atoms with E-state index in [2.05, 4.69) is 12.2 Å². The Hall–Kier alpha value is -2.86. The molecule has 146 valence electrons. The predicted molar refractivity (Wildman–Crippen MR) is 103 cm³/mol. The Bertz CT molecular complexity index is 925. The van der Waals surface area contributed by atoms with Gasteiger partial charge in [0, 0.05) is 23.1 Å². The lowest BCUT2D eigenvalue weighted by Crippen LogP contribution is -2.40. The SMILES string of the molecule is CCc1ccc2c(c1)Oc1ccccc1C2CC(NC1CC1C(=O)O)C(=O)O. The zero-order valence-corrected chi connectivity index (χ0v) is 15.6. The Balaban J connectivity index is 1.64. The number of nitrogens with one attached hydrogen (secondary N) is 1. The lowest BCUT2D eigenvalue weighted by molar-refractivity contribution is -0.141. The summed E-state index contributed by atoms with van der Waals surface area (Å²) in [5.41, 5.74) is 3.08. The molecular weight excluding hydrogens is 358 g/mol. The van der Waals surface area contributed by atoms with Gasteiger partial charge in [0.15, 0.2) is 0 Å². The maximum Gasteiger partial charge on any atom is 0.320 e. The topological polar surface area (TPSA) is 95.9 Å². The van der Waals surface area contributed by atoms with Crippen LogP contribution in [0.5, 0.6) is 11.5 Å². The van der Waals surface area contributed by atoms with E-state index in [4.69, 9.17) is 9.84 Å². The molecular formula is C22H23NO5. The Labute approximate surface area is 163 Å². The van der Waals surface area contributed by atoms with E-state index in [-0.39, 0.29) is 12.0 Å². The van der Waals surface area contributed by atoms with Gasteiger partial charge in [-0.3, -0.25) is 9.59 Å². The standard InChI is InChI=1S/C22H23NO5/c1-2-12-7-8-14-15(13-5-3-4-6-19(13)28-20(14)9-12)10-18(22(26)27)23-17-11-16(17)21(24)25/h3-9,15-18,23H,2,10-11H2,1H3,(H,24,25)(H,26,27).